The van der Waals surface area contributed by atoms with Gasteiger partial charge in [-0.15, -0.1) is 0 Å². The summed E-state index contributed by atoms with van der Waals surface area (Å²) in [5.41, 5.74) is 1.38. The van der Waals surface area contributed by atoms with E-state index in [0.717, 1.165) is 25.2 Å². The van der Waals surface area contributed by atoms with Crippen LogP contribution in [0.15, 0.2) is 28.9 Å². The number of hydrogen-bond acceptors (Lipinski definition) is 1. The van der Waals surface area contributed by atoms with E-state index < -0.39 is 0 Å². The first-order valence-corrected chi connectivity index (χ1v) is 8.15. The monoisotopic (exact) mass is 261 g/mol. The quantitative estimate of drug-likeness (QED) is 0.371. The Balaban J connectivity index is 2.03. The second-order valence-corrected chi connectivity index (χ2v) is 5.81. The van der Waals surface area contributed by atoms with Gasteiger partial charge in [-0.2, -0.15) is 0 Å². The van der Waals surface area contributed by atoms with E-state index in [1.165, 1.54) is 50.5 Å². The maximum atomic E-state index is 4.25. The normalized spacial score (nSPS) is 18.7. The van der Waals surface area contributed by atoms with Crippen molar-refractivity contribution in [2.75, 3.05) is 0 Å². The lowest BCUT2D eigenvalue weighted by molar-refractivity contribution is 0.341. The van der Waals surface area contributed by atoms with E-state index in [0.29, 0.717) is 0 Å². The molecule has 0 amide bonds. The van der Waals surface area contributed by atoms with Crippen molar-refractivity contribution in [3.63, 3.8) is 0 Å². The van der Waals surface area contributed by atoms with Crippen LogP contribution in [0.5, 0.6) is 0 Å². The zero-order valence-electron chi connectivity index (χ0n) is 12.9. The van der Waals surface area contributed by atoms with E-state index in [2.05, 4.69) is 31.0 Å². The van der Waals surface area contributed by atoms with Gasteiger partial charge in [-0.05, 0) is 44.9 Å². The van der Waals surface area contributed by atoms with Gasteiger partial charge in [0.25, 0.3) is 0 Å². The van der Waals surface area contributed by atoms with Crippen LogP contribution in [0.1, 0.15) is 78.1 Å². The molecule has 19 heavy (non-hydrogen) atoms. The van der Waals surface area contributed by atoms with Crippen LogP contribution in [0, 0.1) is 5.92 Å². The average molecular weight is 261 g/mol. The van der Waals surface area contributed by atoms with Crippen molar-refractivity contribution in [2.24, 2.45) is 10.9 Å². The van der Waals surface area contributed by atoms with Crippen molar-refractivity contribution in [1.29, 1.82) is 0 Å². The first-order valence-electron chi connectivity index (χ1n) is 8.15. The Labute approximate surface area is 119 Å². The molecule has 108 valence electrons. The fourth-order valence-electron chi connectivity index (χ4n) is 2.70. The Morgan fingerprint density at radius 1 is 1.11 bits per heavy atom. The molecule has 0 aromatic heterocycles. The van der Waals surface area contributed by atoms with Gasteiger partial charge in [-0.1, -0.05) is 56.8 Å². The Hall–Kier alpha value is -0.850. The van der Waals surface area contributed by atoms with Crippen LogP contribution in [-0.2, 0) is 0 Å². The smallest absolute Gasteiger partial charge is 0.0253 e. The molecule has 1 rings (SSSR count). The Morgan fingerprint density at radius 2 is 1.84 bits per heavy atom. The van der Waals surface area contributed by atoms with Gasteiger partial charge in [0, 0.05) is 12.4 Å². The van der Waals surface area contributed by atoms with Crippen LogP contribution in [0.2, 0.25) is 0 Å². The van der Waals surface area contributed by atoms with E-state index in [4.69, 9.17) is 0 Å². The minimum Gasteiger partial charge on any atom is -0.269 e. The predicted octanol–water partition coefficient (Wildman–Crippen LogP) is 6.07. The van der Waals surface area contributed by atoms with Crippen LogP contribution in [0.4, 0.5) is 0 Å². The SMILES string of the molecule is CCC=N/C=C(\C)CC/C=C/CCC1CCCCC1. The molecule has 0 aliphatic heterocycles. The van der Waals surface area contributed by atoms with Gasteiger partial charge in [-0.25, -0.2) is 0 Å². The summed E-state index contributed by atoms with van der Waals surface area (Å²) in [5.74, 6) is 1.02. The van der Waals surface area contributed by atoms with E-state index in [-0.39, 0.29) is 0 Å². The minimum absolute atomic E-state index is 1.02. The molecule has 1 aliphatic rings. The van der Waals surface area contributed by atoms with Crippen molar-refractivity contribution in [2.45, 2.75) is 78.1 Å². The third-order valence-electron chi connectivity index (χ3n) is 3.92. The lowest BCUT2D eigenvalue weighted by Crippen LogP contribution is -2.05. The molecule has 0 radical (unpaired) electrons. The van der Waals surface area contributed by atoms with Crippen molar-refractivity contribution in [1.82, 2.24) is 0 Å². The summed E-state index contributed by atoms with van der Waals surface area (Å²) >= 11 is 0. The molecule has 0 N–H and O–H groups in total. The fourth-order valence-corrected chi connectivity index (χ4v) is 2.70. The highest BCUT2D eigenvalue weighted by molar-refractivity contribution is 5.57. The summed E-state index contributed by atoms with van der Waals surface area (Å²) in [6, 6.07) is 0. The molecule has 1 heteroatoms. The van der Waals surface area contributed by atoms with Crippen LogP contribution in [0.3, 0.4) is 0 Å². The number of rotatable bonds is 8. The topological polar surface area (TPSA) is 12.4 Å². The first-order chi connectivity index (χ1) is 9.33. The maximum Gasteiger partial charge on any atom is 0.0253 e. The molecule has 0 heterocycles. The largest absolute Gasteiger partial charge is 0.269 e. The molecular formula is C18H31N. The predicted molar refractivity (Wildman–Crippen MR) is 86.7 cm³/mol. The molecule has 0 saturated heterocycles. The van der Waals surface area contributed by atoms with Crippen LogP contribution in [0.25, 0.3) is 0 Å². The molecule has 1 fully saturated rings. The molecule has 0 spiro atoms. The molecule has 0 aromatic rings. The van der Waals surface area contributed by atoms with Gasteiger partial charge >= 0.3 is 0 Å². The van der Waals surface area contributed by atoms with Gasteiger partial charge in [0.1, 0.15) is 0 Å². The lowest BCUT2D eigenvalue weighted by atomic mass is 9.86. The van der Waals surface area contributed by atoms with Gasteiger partial charge in [0.15, 0.2) is 0 Å². The number of aliphatic imine (C=N–C) groups is 1. The zero-order valence-corrected chi connectivity index (χ0v) is 12.9. The second kappa shape index (κ2) is 11.0. The highest BCUT2D eigenvalue weighted by Gasteiger charge is 2.11. The molecule has 0 atom stereocenters. The van der Waals surface area contributed by atoms with E-state index in [1.54, 1.807) is 0 Å². The minimum atomic E-state index is 1.02. The van der Waals surface area contributed by atoms with Crippen LogP contribution >= 0.6 is 0 Å². The second-order valence-electron chi connectivity index (χ2n) is 5.81. The van der Waals surface area contributed by atoms with E-state index >= 15 is 0 Å². The Morgan fingerprint density at radius 3 is 2.58 bits per heavy atom. The molecular weight excluding hydrogens is 230 g/mol. The van der Waals surface area contributed by atoms with Crippen molar-refractivity contribution < 1.29 is 0 Å². The van der Waals surface area contributed by atoms with Crippen molar-refractivity contribution in [3.05, 3.63) is 23.9 Å². The highest BCUT2D eigenvalue weighted by Crippen LogP contribution is 2.27. The van der Waals surface area contributed by atoms with E-state index in [1.807, 2.05) is 12.4 Å². The summed E-state index contributed by atoms with van der Waals surface area (Å²) < 4.78 is 0. The van der Waals surface area contributed by atoms with Gasteiger partial charge < -0.3 is 0 Å². The van der Waals surface area contributed by atoms with Crippen LogP contribution < -0.4 is 0 Å². The van der Waals surface area contributed by atoms with Crippen molar-refractivity contribution in [3.8, 4) is 0 Å². The first kappa shape index (κ1) is 16.2. The van der Waals surface area contributed by atoms with Gasteiger partial charge in [0.05, 0.1) is 0 Å². The Bertz CT molecular complexity index is 293. The number of nitrogens with zero attached hydrogens (tertiary/aromatic N) is 1. The molecule has 0 aromatic carbocycles. The molecule has 1 nitrogen and oxygen atoms in total. The summed E-state index contributed by atoms with van der Waals surface area (Å²) in [7, 11) is 0. The maximum absolute atomic E-state index is 4.25. The summed E-state index contributed by atoms with van der Waals surface area (Å²) in [6.45, 7) is 4.28. The summed E-state index contributed by atoms with van der Waals surface area (Å²) in [4.78, 5) is 4.25. The van der Waals surface area contributed by atoms with Gasteiger partial charge in [0.2, 0.25) is 0 Å². The highest BCUT2D eigenvalue weighted by atomic mass is 14.7. The van der Waals surface area contributed by atoms with E-state index in [9.17, 15) is 0 Å². The van der Waals surface area contributed by atoms with Crippen LogP contribution in [-0.4, -0.2) is 6.21 Å². The molecule has 1 saturated carbocycles. The molecule has 0 bridgehead atoms. The standard InChI is InChI=1S/C18H31N/c1-3-15-19-16-17(2)11-7-4-5-8-12-18-13-9-6-10-14-18/h4-5,15-16,18H,3,6-14H2,1-2H3/b5-4+,17-16+,19-15?. The number of hydrogen-bond donors (Lipinski definition) is 0. The van der Waals surface area contributed by atoms with Crippen molar-refractivity contribution >= 4 is 6.21 Å². The third-order valence-corrected chi connectivity index (χ3v) is 3.92. The lowest BCUT2D eigenvalue weighted by Gasteiger charge is -2.20. The fraction of sp³-hybridized carbons (Fsp3) is 0.722. The molecule has 1 aliphatic carbocycles. The Kier molecular flexibility index (Phi) is 9.40. The zero-order chi connectivity index (χ0) is 13.8. The summed E-state index contributed by atoms with van der Waals surface area (Å²) in [6.07, 6.45) is 22.1. The molecule has 0 unspecified atom stereocenters. The summed E-state index contributed by atoms with van der Waals surface area (Å²) in [5, 5.41) is 0. The van der Waals surface area contributed by atoms with Gasteiger partial charge in [-0.3, -0.25) is 4.99 Å². The average Bonchev–Trinajstić information content (AvgIpc) is 2.44. The third kappa shape index (κ3) is 8.80. The number of allylic oxidation sites excluding steroid dienone is 3.